The molecule has 2 aromatic rings. The fourth-order valence-corrected chi connectivity index (χ4v) is 2.22. The maximum atomic E-state index is 12.7. The first-order chi connectivity index (χ1) is 8.79. The minimum Gasteiger partial charge on any atom is -0.321 e. The van der Waals surface area contributed by atoms with Gasteiger partial charge in [0.15, 0.2) is 5.69 Å². The lowest BCUT2D eigenvalue weighted by atomic mass is 10.2. The van der Waals surface area contributed by atoms with E-state index in [2.05, 4.69) is 10.4 Å². The molecule has 0 bridgehead atoms. The molecule has 2 heterocycles. The maximum Gasteiger partial charge on any atom is 0.435 e. The number of nitrogens with one attached hydrogen (secondary N) is 1. The van der Waals surface area contributed by atoms with E-state index in [1.165, 1.54) is 18.4 Å². The zero-order valence-electron chi connectivity index (χ0n) is 10.1. The first-order valence-electron chi connectivity index (χ1n) is 5.25. The van der Waals surface area contributed by atoms with Crippen molar-refractivity contribution < 1.29 is 18.0 Å². The van der Waals surface area contributed by atoms with E-state index in [0.29, 0.717) is 5.69 Å². The van der Waals surface area contributed by atoms with Gasteiger partial charge in [-0.2, -0.15) is 18.3 Å². The number of alkyl halides is 3. The minimum absolute atomic E-state index is 0.486. The second-order valence-electron chi connectivity index (χ2n) is 3.91. The molecule has 19 heavy (non-hydrogen) atoms. The molecule has 1 amide bonds. The molecule has 0 aliphatic rings. The molecule has 1 N–H and O–H groups in total. The summed E-state index contributed by atoms with van der Waals surface area (Å²) in [5, 5.41) is 7.49. The number of carbonyl (C=O) groups excluding carboxylic acids is 1. The summed E-state index contributed by atoms with van der Waals surface area (Å²) >= 11 is 1.40. The molecule has 0 aliphatic heterocycles. The number of anilines is 1. The molecular weight excluding hydrogens is 279 g/mol. The lowest BCUT2D eigenvalue weighted by molar-refractivity contribution is -0.141. The number of thiophene rings is 1. The van der Waals surface area contributed by atoms with Crippen molar-refractivity contribution in [3.63, 3.8) is 0 Å². The monoisotopic (exact) mass is 289 g/mol. The molecule has 0 spiro atoms. The Balaban J connectivity index is 2.32. The summed E-state index contributed by atoms with van der Waals surface area (Å²) in [5.41, 5.74) is -1.16. The van der Waals surface area contributed by atoms with Crippen molar-refractivity contribution in [3.05, 3.63) is 33.8 Å². The molecule has 0 atom stereocenters. The number of nitrogens with zero attached hydrogens (tertiary/aromatic N) is 2. The van der Waals surface area contributed by atoms with Crippen molar-refractivity contribution >= 4 is 22.9 Å². The topological polar surface area (TPSA) is 46.9 Å². The van der Waals surface area contributed by atoms with Crippen LogP contribution in [0.5, 0.6) is 0 Å². The molecular formula is C11H10F3N3OS. The second-order valence-corrected chi connectivity index (χ2v) is 5.03. The van der Waals surface area contributed by atoms with Crippen LogP contribution in [0.3, 0.4) is 0 Å². The van der Waals surface area contributed by atoms with E-state index >= 15 is 0 Å². The van der Waals surface area contributed by atoms with E-state index in [1.54, 1.807) is 18.4 Å². The SMILES string of the molecule is Cc1sccc1NC(=O)c1cn(C)nc1C(F)(F)F. The zero-order valence-corrected chi connectivity index (χ0v) is 10.9. The fraction of sp³-hybridized carbons (Fsp3) is 0.273. The standard InChI is InChI=1S/C11H10F3N3OS/c1-6-8(3-4-19-6)15-10(18)7-5-17(2)16-9(7)11(12,13)14/h3-5H,1-2H3,(H,15,18). The molecule has 2 rings (SSSR count). The van der Waals surface area contributed by atoms with Crippen LogP contribution in [-0.4, -0.2) is 15.7 Å². The molecule has 0 saturated carbocycles. The normalized spacial score (nSPS) is 11.6. The molecule has 0 radical (unpaired) electrons. The number of aromatic nitrogens is 2. The zero-order chi connectivity index (χ0) is 14.2. The van der Waals surface area contributed by atoms with E-state index in [9.17, 15) is 18.0 Å². The summed E-state index contributed by atoms with van der Waals surface area (Å²) < 4.78 is 39.1. The lowest BCUT2D eigenvalue weighted by Gasteiger charge is -2.06. The Hall–Kier alpha value is -1.83. The Morgan fingerprint density at radius 2 is 2.16 bits per heavy atom. The van der Waals surface area contributed by atoms with Gasteiger partial charge in [0.1, 0.15) is 0 Å². The molecule has 102 valence electrons. The van der Waals surface area contributed by atoms with Crippen LogP contribution in [0.15, 0.2) is 17.6 Å². The van der Waals surface area contributed by atoms with E-state index in [0.717, 1.165) is 15.8 Å². The summed E-state index contributed by atoms with van der Waals surface area (Å²) in [6, 6.07) is 1.64. The van der Waals surface area contributed by atoms with Gasteiger partial charge in [-0.25, -0.2) is 0 Å². The third-order valence-corrected chi connectivity index (χ3v) is 3.29. The van der Waals surface area contributed by atoms with E-state index < -0.39 is 23.3 Å². The van der Waals surface area contributed by atoms with Crippen LogP contribution in [0.25, 0.3) is 0 Å². The molecule has 0 aromatic carbocycles. The van der Waals surface area contributed by atoms with Gasteiger partial charge in [-0.15, -0.1) is 11.3 Å². The Morgan fingerprint density at radius 3 is 2.68 bits per heavy atom. The highest BCUT2D eigenvalue weighted by Crippen LogP contribution is 2.31. The summed E-state index contributed by atoms with van der Waals surface area (Å²) in [4.78, 5) is 12.7. The second kappa shape index (κ2) is 4.69. The first-order valence-corrected chi connectivity index (χ1v) is 6.13. The Bertz CT molecular complexity index is 615. The van der Waals surface area contributed by atoms with E-state index in [-0.39, 0.29) is 0 Å². The average molecular weight is 289 g/mol. The minimum atomic E-state index is -4.66. The lowest BCUT2D eigenvalue weighted by Crippen LogP contribution is -2.17. The highest BCUT2D eigenvalue weighted by molar-refractivity contribution is 7.10. The van der Waals surface area contributed by atoms with Gasteiger partial charge >= 0.3 is 6.18 Å². The highest BCUT2D eigenvalue weighted by atomic mass is 32.1. The Morgan fingerprint density at radius 1 is 1.47 bits per heavy atom. The van der Waals surface area contributed by atoms with Gasteiger partial charge in [0.05, 0.1) is 11.3 Å². The van der Waals surface area contributed by atoms with Gasteiger partial charge in [0, 0.05) is 18.1 Å². The molecule has 8 heteroatoms. The Kier molecular flexibility index (Phi) is 3.36. The average Bonchev–Trinajstić information content (AvgIpc) is 2.85. The number of hydrogen-bond donors (Lipinski definition) is 1. The molecule has 4 nitrogen and oxygen atoms in total. The summed E-state index contributed by atoms with van der Waals surface area (Å²) in [6.07, 6.45) is -3.60. The van der Waals surface area contributed by atoms with E-state index in [1.807, 2.05) is 0 Å². The van der Waals surface area contributed by atoms with Gasteiger partial charge < -0.3 is 5.32 Å². The van der Waals surface area contributed by atoms with Crippen LogP contribution >= 0.6 is 11.3 Å². The van der Waals surface area contributed by atoms with Crippen molar-refractivity contribution in [1.82, 2.24) is 9.78 Å². The number of rotatable bonds is 2. The third-order valence-electron chi connectivity index (χ3n) is 2.45. The van der Waals surface area contributed by atoms with E-state index in [4.69, 9.17) is 0 Å². The number of hydrogen-bond acceptors (Lipinski definition) is 3. The quantitative estimate of drug-likeness (QED) is 0.923. The van der Waals surface area contributed by atoms with Gasteiger partial charge in [0.2, 0.25) is 0 Å². The van der Waals surface area contributed by atoms with Crippen LogP contribution < -0.4 is 5.32 Å². The van der Waals surface area contributed by atoms with Crippen LogP contribution in [0.2, 0.25) is 0 Å². The maximum absolute atomic E-state index is 12.7. The largest absolute Gasteiger partial charge is 0.435 e. The van der Waals surface area contributed by atoms with Crippen LogP contribution in [0.4, 0.5) is 18.9 Å². The molecule has 0 unspecified atom stereocenters. The molecule has 0 saturated heterocycles. The smallest absolute Gasteiger partial charge is 0.321 e. The van der Waals surface area contributed by atoms with Crippen LogP contribution in [0.1, 0.15) is 20.9 Å². The van der Waals surface area contributed by atoms with Crippen molar-refractivity contribution in [1.29, 1.82) is 0 Å². The number of aryl methyl sites for hydroxylation is 2. The number of halogens is 3. The van der Waals surface area contributed by atoms with Gasteiger partial charge in [-0.05, 0) is 18.4 Å². The summed E-state index contributed by atoms with van der Waals surface area (Å²) in [6.45, 7) is 1.77. The number of carbonyl (C=O) groups is 1. The van der Waals surface area contributed by atoms with Gasteiger partial charge in [-0.3, -0.25) is 9.48 Å². The number of amides is 1. The van der Waals surface area contributed by atoms with Crippen LogP contribution in [-0.2, 0) is 13.2 Å². The first kappa shape index (κ1) is 13.6. The third kappa shape index (κ3) is 2.78. The highest BCUT2D eigenvalue weighted by Gasteiger charge is 2.39. The predicted molar refractivity (Wildman–Crippen MR) is 65.2 cm³/mol. The van der Waals surface area contributed by atoms with Crippen molar-refractivity contribution in [2.24, 2.45) is 7.05 Å². The van der Waals surface area contributed by atoms with Crippen molar-refractivity contribution in [2.75, 3.05) is 5.32 Å². The predicted octanol–water partition coefficient (Wildman–Crippen LogP) is 3.06. The summed E-state index contributed by atoms with van der Waals surface area (Å²) in [5.74, 6) is -0.818. The molecule has 0 fully saturated rings. The van der Waals surface area contributed by atoms with Gasteiger partial charge in [-0.1, -0.05) is 0 Å². The summed E-state index contributed by atoms with van der Waals surface area (Å²) in [7, 11) is 1.34. The van der Waals surface area contributed by atoms with Crippen LogP contribution in [0, 0.1) is 6.92 Å². The van der Waals surface area contributed by atoms with Gasteiger partial charge in [0.25, 0.3) is 5.91 Å². The fourth-order valence-electron chi connectivity index (χ4n) is 1.57. The molecule has 2 aromatic heterocycles. The molecule has 0 aliphatic carbocycles. The van der Waals surface area contributed by atoms with Crippen molar-refractivity contribution in [2.45, 2.75) is 13.1 Å². The Labute approximate surface area is 110 Å². The van der Waals surface area contributed by atoms with Crippen molar-refractivity contribution in [3.8, 4) is 0 Å².